The van der Waals surface area contributed by atoms with Crippen LogP contribution < -0.4 is 0 Å². The van der Waals surface area contributed by atoms with Crippen LogP contribution in [-0.4, -0.2) is 69.7 Å². The summed E-state index contributed by atoms with van der Waals surface area (Å²) in [5.41, 5.74) is -3.03. The predicted molar refractivity (Wildman–Crippen MR) is 76.5 cm³/mol. The molecule has 2 aliphatic rings. The molecule has 2 heterocycles. The second-order valence-corrected chi connectivity index (χ2v) is 5.47. The molecule has 1 fully saturated rings. The second kappa shape index (κ2) is 6.04. The van der Waals surface area contributed by atoms with Crippen LogP contribution in [0.3, 0.4) is 0 Å². The van der Waals surface area contributed by atoms with Crippen molar-refractivity contribution < 1.29 is 34.4 Å². The van der Waals surface area contributed by atoms with E-state index < -0.39 is 56.0 Å². The molecule has 0 radical (unpaired) electrons. The Morgan fingerprint density at radius 3 is 3.05 bits per heavy atom. The maximum Gasteiger partial charge on any atom is 0.341 e. The molecule has 0 aromatic heterocycles. The molecule has 6 heteroatoms. The molecule has 0 aromatic rings. The zero-order chi connectivity index (χ0) is 21.7. The fraction of sp³-hybridized carbons (Fsp3) is 0.800. The van der Waals surface area contributed by atoms with Gasteiger partial charge < -0.3 is 20.1 Å². The topological polar surface area (TPSA) is 90.2 Å². The number of hydrogen-bond donors (Lipinski definition) is 3. The Balaban J connectivity index is 2.30. The molecule has 1 unspecified atom stereocenters. The average Bonchev–Trinajstić information content (AvgIpc) is 3.12. The lowest BCUT2D eigenvalue weighted by molar-refractivity contribution is -0.183. The average molecular weight is 306 g/mol. The summed E-state index contributed by atoms with van der Waals surface area (Å²) in [4.78, 5) is 14.6. The van der Waals surface area contributed by atoms with Gasteiger partial charge >= 0.3 is 5.97 Å². The molecule has 6 nitrogen and oxygen atoms in total. The summed E-state index contributed by atoms with van der Waals surface area (Å²) in [6.45, 7) is -5.75. The lowest BCUT2D eigenvalue weighted by Crippen LogP contribution is -2.53. The maximum atomic E-state index is 12.6. The predicted octanol–water partition coefficient (Wildman–Crippen LogP) is -0.327. The van der Waals surface area contributed by atoms with Crippen molar-refractivity contribution in [1.29, 1.82) is 0 Å². The molecule has 2 rings (SSSR count). The SMILES string of the molecule is [2H]C([2H])([2H])C([2H])(C([2H])([2H])[2H])[C@](O)(C(=O)OCC1=CCN2CC[C@@H](O)[C@@H]12)C(C)O. The van der Waals surface area contributed by atoms with Gasteiger partial charge in [-0.05, 0) is 24.8 Å². The number of ether oxygens (including phenoxy) is 1. The van der Waals surface area contributed by atoms with Crippen molar-refractivity contribution >= 4 is 5.97 Å². The summed E-state index contributed by atoms with van der Waals surface area (Å²) >= 11 is 0. The van der Waals surface area contributed by atoms with Crippen molar-refractivity contribution in [3.05, 3.63) is 11.6 Å². The van der Waals surface area contributed by atoms with Gasteiger partial charge in [-0.1, -0.05) is 19.8 Å². The highest BCUT2D eigenvalue weighted by Gasteiger charge is 2.46. The Morgan fingerprint density at radius 2 is 2.43 bits per heavy atom. The van der Waals surface area contributed by atoms with Crippen LogP contribution in [0.15, 0.2) is 11.6 Å². The van der Waals surface area contributed by atoms with Crippen molar-refractivity contribution in [3.8, 4) is 0 Å². The first kappa shape index (κ1) is 9.25. The molecule has 1 saturated heterocycles. The van der Waals surface area contributed by atoms with Crippen LogP contribution in [0, 0.1) is 5.89 Å². The zero-order valence-corrected chi connectivity index (χ0v) is 11.7. The minimum Gasteiger partial charge on any atom is -0.459 e. The Morgan fingerprint density at radius 1 is 1.71 bits per heavy atom. The van der Waals surface area contributed by atoms with Gasteiger partial charge in [0.05, 0.1) is 18.2 Å². The number of carbonyl (C=O) groups excluding carboxylic acids is 1. The van der Waals surface area contributed by atoms with Gasteiger partial charge in [0, 0.05) is 22.7 Å². The third kappa shape index (κ3) is 2.85. The van der Waals surface area contributed by atoms with Crippen LogP contribution in [0.5, 0.6) is 0 Å². The number of rotatable bonds is 5. The zero-order valence-electron chi connectivity index (χ0n) is 18.7. The quantitative estimate of drug-likeness (QED) is 0.476. The Kier molecular flexibility index (Phi) is 2.66. The van der Waals surface area contributed by atoms with Gasteiger partial charge in [0.25, 0.3) is 0 Å². The first-order chi connectivity index (χ1) is 12.6. The number of aliphatic hydroxyl groups excluding tert-OH is 2. The van der Waals surface area contributed by atoms with Crippen LogP contribution in [0.4, 0.5) is 0 Å². The molecule has 2 aliphatic heterocycles. The highest BCUT2D eigenvalue weighted by atomic mass is 16.6. The molecule has 3 N–H and O–H groups in total. The van der Waals surface area contributed by atoms with Gasteiger partial charge in [-0.3, -0.25) is 4.90 Å². The van der Waals surface area contributed by atoms with E-state index >= 15 is 0 Å². The molecule has 120 valence electrons. The van der Waals surface area contributed by atoms with Crippen molar-refractivity contribution in [2.45, 2.75) is 50.9 Å². The molecule has 0 bridgehead atoms. The minimum atomic E-state index is -3.73. The summed E-state index contributed by atoms with van der Waals surface area (Å²) in [6.07, 6.45) is -0.655. The fourth-order valence-corrected chi connectivity index (χ4v) is 2.76. The molecule has 0 aliphatic carbocycles. The second-order valence-electron chi connectivity index (χ2n) is 5.47. The van der Waals surface area contributed by atoms with Gasteiger partial charge in [0.15, 0.2) is 5.60 Å². The van der Waals surface area contributed by atoms with Crippen molar-refractivity contribution in [1.82, 2.24) is 4.90 Å². The number of nitrogens with zero attached hydrogens (tertiary/aromatic N) is 1. The van der Waals surface area contributed by atoms with E-state index in [2.05, 4.69) is 0 Å². The first-order valence-corrected chi connectivity index (χ1v) is 6.77. The maximum absolute atomic E-state index is 12.6. The molecular weight excluding hydrogens is 274 g/mol. The number of carbonyl (C=O) groups is 1. The van der Waals surface area contributed by atoms with Crippen molar-refractivity contribution in [2.24, 2.45) is 5.89 Å². The summed E-state index contributed by atoms with van der Waals surface area (Å²) in [5.74, 6) is -5.46. The van der Waals surface area contributed by atoms with E-state index in [-0.39, 0.29) is 0 Å². The largest absolute Gasteiger partial charge is 0.459 e. The van der Waals surface area contributed by atoms with Gasteiger partial charge in [-0.2, -0.15) is 0 Å². The number of fused-ring (bicyclic) bond motifs is 1. The van der Waals surface area contributed by atoms with Crippen molar-refractivity contribution in [3.63, 3.8) is 0 Å². The van der Waals surface area contributed by atoms with E-state index in [9.17, 15) is 20.1 Å². The molecule has 0 amide bonds. The van der Waals surface area contributed by atoms with Crippen molar-refractivity contribution in [2.75, 3.05) is 19.7 Å². The summed E-state index contributed by atoms with van der Waals surface area (Å²) in [5, 5.41) is 30.7. The normalized spacial score (nSPS) is 36.6. The Labute approximate surface area is 134 Å². The van der Waals surface area contributed by atoms with Crippen LogP contribution in [-0.2, 0) is 9.53 Å². The fourth-order valence-electron chi connectivity index (χ4n) is 2.76. The van der Waals surface area contributed by atoms with E-state index in [1.807, 2.05) is 4.90 Å². The molecule has 0 spiro atoms. The van der Waals surface area contributed by atoms with Gasteiger partial charge in [0.2, 0.25) is 0 Å². The number of esters is 1. The number of aliphatic hydroxyl groups is 3. The summed E-state index contributed by atoms with van der Waals surface area (Å²) in [7, 11) is 0. The highest BCUT2D eigenvalue weighted by Crippen LogP contribution is 2.30. The third-order valence-corrected chi connectivity index (χ3v) is 4.10. The van der Waals surface area contributed by atoms with Gasteiger partial charge in [0.1, 0.15) is 6.61 Å². The van der Waals surface area contributed by atoms with E-state index in [1.54, 1.807) is 6.08 Å². The monoisotopic (exact) mass is 306 g/mol. The standard InChI is InChI=1S/C15H25NO5/c1-9(2)15(20,10(3)17)14(19)21-8-11-4-6-16-7-5-12(18)13(11)16/h4,9-10,12-13,17-18,20H,5-8H2,1-3H3/t10?,12-,13-,15-/m1/s1/i1D3,2D3,9D. The van der Waals surface area contributed by atoms with Gasteiger partial charge in [-0.25, -0.2) is 4.79 Å². The summed E-state index contributed by atoms with van der Waals surface area (Å²) < 4.78 is 57.8. The first-order valence-electron chi connectivity index (χ1n) is 10.3. The van der Waals surface area contributed by atoms with Gasteiger partial charge in [-0.15, -0.1) is 0 Å². The lowest BCUT2D eigenvalue weighted by atomic mass is 9.85. The van der Waals surface area contributed by atoms with Crippen LogP contribution in [0.25, 0.3) is 0 Å². The highest BCUT2D eigenvalue weighted by molar-refractivity contribution is 5.80. The van der Waals surface area contributed by atoms with E-state index in [4.69, 9.17) is 14.3 Å². The Hall–Kier alpha value is -0.950. The van der Waals surface area contributed by atoms with E-state index in [0.717, 1.165) is 6.92 Å². The third-order valence-electron chi connectivity index (χ3n) is 4.10. The molecule has 0 aromatic carbocycles. The van der Waals surface area contributed by atoms with Crippen LogP contribution >= 0.6 is 0 Å². The van der Waals surface area contributed by atoms with Crippen LogP contribution in [0.2, 0.25) is 0 Å². The van der Waals surface area contributed by atoms with E-state index in [0.29, 0.717) is 25.1 Å². The Bertz CT molecular complexity index is 634. The lowest BCUT2D eigenvalue weighted by Gasteiger charge is -2.32. The smallest absolute Gasteiger partial charge is 0.341 e. The van der Waals surface area contributed by atoms with E-state index in [1.165, 1.54) is 0 Å². The number of hydrogen-bond acceptors (Lipinski definition) is 6. The molecule has 0 saturated carbocycles. The minimum absolute atomic E-state index is 0.390. The summed E-state index contributed by atoms with van der Waals surface area (Å²) in [6, 6.07) is -0.390. The molecule has 21 heavy (non-hydrogen) atoms. The molecular formula is C15H25NO5. The van der Waals surface area contributed by atoms with Crippen LogP contribution in [0.1, 0.15) is 36.6 Å². The molecule has 4 atom stereocenters.